The van der Waals surface area contributed by atoms with Crippen molar-refractivity contribution in [3.05, 3.63) is 70.3 Å². The van der Waals surface area contributed by atoms with Crippen LogP contribution in [-0.2, 0) is 33.7 Å². The Hall–Kier alpha value is -2.95. The standard InChI is InChI=1S/C22H22O5/c1-26-22(25)19-7-2-4-15(12-19)14-27-21(24)11-10-20(23)18-9-8-16-5-3-6-17(16)13-18/h2,4,7-9,12-13H,3,5-6,10-11,14H2,1H3. The zero-order chi connectivity index (χ0) is 19.2. The van der Waals surface area contributed by atoms with Gasteiger partial charge in [-0.15, -0.1) is 0 Å². The molecule has 27 heavy (non-hydrogen) atoms. The molecule has 0 bridgehead atoms. The number of hydrogen-bond donors (Lipinski definition) is 0. The van der Waals surface area contributed by atoms with E-state index in [-0.39, 0.29) is 25.2 Å². The second kappa shape index (κ2) is 8.62. The van der Waals surface area contributed by atoms with Gasteiger partial charge in [0.15, 0.2) is 5.78 Å². The van der Waals surface area contributed by atoms with Gasteiger partial charge in [-0.2, -0.15) is 0 Å². The van der Waals surface area contributed by atoms with Crippen molar-refractivity contribution < 1.29 is 23.9 Å². The first-order valence-corrected chi connectivity index (χ1v) is 9.04. The Balaban J connectivity index is 1.48. The Labute approximate surface area is 158 Å². The Bertz CT molecular complexity index is 869. The second-order valence-electron chi connectivity index (χ2n) is 6.61. The molecule has 1 aliphatic carbocycles. The average molecular weight is 366 g/mol. The van der Waals surface area contributed by atoms with Gasteiger partial charge in [0.05, 0.1) is 19.1 Å². The van der Waals surface area contributed by atoms with Gasteiger partial charge in [-0.05, 0) is 54.2 Å². The molecule has 0 aromatic heterocycles. The number of fused-ring (bicyclic) bond motifs is 1. The number of esters is 2. The summed E-state index contributed by atoms with van der Waals surface area (Å²) in [6.45, 7) is 0.0523. The minimum absolute atomic E-state index is 0.0343. The molecule has 2 aromatic rings. The van der Waals surface area contributed by atoms with E-state index in [1.807, 2.05) is 18.2 Å². The largest absolute Gasteiger partial charge is 0.465 e. The zero-order valence-corrected chi connectivity index (χ0v) is 15.3. The lowest BCUT2D eigenvalue weighted by atomic mass is 10.0. The number of hydrogen-bond acceptors (Lipinski definition) is 5. The van der Waals surface area contributed by atoms with Crippen LogP contribution >= 0.6 is 0 Å². The van der Waals surface area contributed by atoms with E-state index in [0.29, 0.717) is 16.7 Å². The third kappa shape index (κ3) is 4.82. The first kappa shape index (κ1) is 18.8. The van der Waals surface area contributed by atoms with E-state index in [1.54, 1.807) is 24.3 Å². The van der Waals surface area contributed by atoms with Crippen molar-refractivity contribution in [2.75, 3.05) is 7.11 Å². The van der Waals surface area contributed by atoms with Crippen LogP contribution in [0.25, 0.3) is 0 Å². The van der Waals surface area contributed by atoms with Crippen LogP contribution in [0.2, 0.25) is 0 Å². The molecule has 0 radical (unpaired) electrons. The summed E-state index contributed by atoms with van der Waals surface area (Å²) in [4.78, 5) is 35.8. The number of aryl methyl sites for hydroxylation is 2. The maximum atomic E-state index is 12.3. The predicted molar refractivity (Wildman–Crippen MR) is 99.6 cm³/mol. The van der Waals surface area contributed by atoms with Crippen LogP contribution in [0.1, 0.15) is 56.7 Å². The lowest BCUT2D eigenvalue weighted by molar-refractivity contribution is -0.144. The smallest absolute Gasteiger partial charge is 0.337 e. The fourth-order valence-electron chi connectivity index (χ4n) is 3.25. The first-order valence-electron chi connectivity index (χ1n) is 9.04. The molecule has 140 valence electrons. The number of rotatable bonds is 7. The minimum Gasteiger partial charge on any atom is -0.465 e. The second-order valence-corrected chi connectivity index (χ2v) is 6.61. The molecule has 2 aromatic carbocycles. The molecule has 0 fully saturated rings. The Kier molecular flexibility index (Phi) is 6.01. The number of ketones is 1. The van der Waals surface area contributed by atoms with Gasteiger partial charge in [-0.3, -0.25) is 9.59 Å². The summed E-state index contributed by atoms with van der Waals surface area (Å²) in [5.74, 6) is -0.926. The van der Waals surface area contributed by atoms with Crippen LogP contribution in [0.15, 0.2) is 42.5 Å². The SMILES string of the molecule is COC(=O)c1cccc(COC(=O)CCC(=O)c2ccc3c(c2)CCC3)c1. The monoisotopic (exact) mass is 366 g/mol. The summed E-state index contributed by atoms with van der Waals surface area (Å²) in [5.41, 5.74) is 4.32. The molecule has 0 heterocycles. The predicted octanol–water partition coefficient (Wildman–Crippen LogP) is 3.67. The van der Waals surface area contributed by atoms with E-state index in [2.05, 4.69) is 4.74 Å². The van der Waals surface area contributed by atoms with Crippen molar-refractivity contribution in [3.63, 3.8) is 0 Å². The summed E-state index contributed by atoms with van der Waals surface area (Å²) >= 11 is 0. The topological polar surface area (TPSA) is 69.7 Å². The van der Waals surface area contributed by atoms with Gasteiger partial charge in [0.1, 0.15) is 6.61 Å². The normalized spacial score (nSPS) is 12.3. The van der Waals surface area contributed by atoms with Crippen molar-refractivity contribution in [1.82, 2.24) is 0 Å². The van der Waals surface area contributed by atoms with Crippen molar-refractivity contribution in [3.8, 4) is 0 Å². The fraction of sp³-hybridized carbons (Fsp3) is 0.318. The molecular formula is C22H22O5. The third-order valence-electron chi connectivity index (χ3n) is 4.72. The molecule has 0 saturated heterocycles. The number of methoxy groups -OCH3 is 1. The molecule has 0 spiro atoms. The highest BCUT2D eigenvalue weighted by atomic mass is 16.5. The van der Waals surface area contributed by atoms with E-state index >= 15 is 0 Å². The summed E-state index contributed by atoms with van der Waals surface area (Å²) in [7, 11) is 1.31. The van der Waals surface area contributed by atoms with E-state index in [9.17, 15) is 14.4 Å². The zero-order valence-electron chi connectivity index (χ0n) is 15.3. The van der Waals surface area contributed by atoms with Gasteiger partial charge in [-0.25, -0.2) is 4.79 Å². The van der Waals surface area contributed by atoms with E-state index < -0.39 is 11.9 Å². The maximum Gasteiger partial charge on any atom is 0.337 e. The van der Waals surface area contributed by atoms with Crippen LogP contribution in [0, 0.1) is 0 Å². The number of ether oxygens (including phenoxy) is 2. The highest BCUT2D eigenvalue weighted by Gasteiger charge is 2.15. The van der Waals surface area contributed by atoms with E-state index in [4.69, 9.17) is 4.74 Å². The van der Waals surface area contributed by atoms with Crippen LogP contribution in [0.5, 0.6) is 0 Å². The van der Waals surface area contributed by atoms with Crippen molar-refractivity contribution in [2.45, 2.75) is 38.7 Å². The molecule has 1 aliphatic rings. The first-order chi connectivity index (χ1) is 13.1. The summed E-state index contributed by atoms with van der Waals surface area (Å²) in [6.07, 6.45) is 3.39. The summed E-state index contributed by atoms with van der Waals surface area (Å²) in [6, 6.07) is 12.5. The van der Waals surface area contributed by atoms with Crippen molar-refractivity contribution >= 4 is 17.7 Å². The van der Waals surface area contributed by atoms with Crippen LogP contribution in [0.4, 0.5) is 0 Å². The van der Waals surface area contributed by atoms with Crippen LogP contribution in [0.3, 0.4) is 0 Å². The molecule has 0 amide bonds. The maximum absolute atomic E-state index is 12.3. The minimum atomic E-state index is -0.442. The Morgan fingerprint density at radius 1 is 0.926 bits per heavy atom. The number of carbonyl (C=O) groups is 3. The van der Waals surface area contributed by atoms with Gasteiger partial charge >= 0.3 is 11.9 Å². The molecule has 0 saturated carbocycles. The third-order valence-corrected chi connectivity index (χ3v) is 4.72. The molecule has 0 unspecified atom stereocenters. The number of carbonyl (C=O) groups excluding carboxylic acids is 3. The summed E-state index contributed by atoms with van der Waals surface area (Å²) in [5, 5.41) is 0. The average Bonchev–Trinajstić information content (AvgIpc) is 3.17. The highest BCUT2D eigenvalue weighted by molar-refractivity contribution is 5.97. The van der Waals surface area contributed by atoms with E-state index in [0.717, 1.165) is 19.3 Å². The lowest BCUT2D eigenvalue weighted by Gasteiger charge is -2.07. The van der Waals surface area contributed by atoms with Crippen LogP contribution in [-0.4, -0.2) is 24.8 Å². The van der Waals surface area contributed by atoms with Gasteiger partial charge < -0.3 is 9.47 Å². The molecule has 0 atom stereocenters. The van der Waals surface area contributed by atoms with Gasteiger partial charge in [-0.1, -0.05) is 24.3 Å². The van der Waals surface area contributed by atoms with Crippen molar-refractivity contribution in [1.29, 1.82) is 0 Å². The van der Waals surface area contributed by atoms with Crippen molar-refractivity contribution in [2.24, 2.45) is 0 Å². The lowest BCUT2D eigenvalue weighted by Crippen LogP contribution is -2.09. The van der Waals surface area contributed by atoms with Gasteiger partial charge in [0.2, 0.25) is 0 Å². The number of Topliss-reactive ketones (excluding diaryl/α,β-unsaturated/α-hetero) is 1. The Morgan fingerprint density at radius 2 is 1.74 bits per heavy atom. The fourth-order valence-corrected chi connectivity index (χ4v) is 3.25. The molecular weight excluding hydrogens is 344 g/mol. The molecule has 5 nitrogen and oxygen atoms in total. The highest BCUT2D eigenvalue weighted by Crippen LogP contribution is 2.23. The van der Waals surface area contributed by atoms with Gasteiger partial charge in [0.25, 0.3) is 0 Å². The summed E-state index contributed by atoms with van der Waals surface area (Å²) < 4.78 is 9.88. The quantitative estimate of drug-likeness (QED) is 0.552. The van der Waals surface area contributed by atoms with Gasteiger partial charge in [0, 0.05) is 12.0 Å². The number of benzene rings is 2. The Morgan fingerprint density at radius 3 is 2.56 bits per heavy atom. The molecule has 0 N–H and O–H groups in total. The molecule has 5 heteroatoms. The molecule has 0 aliphatic heterocycles. The molecule has 3 rings (SSSR count). The van der Waals surface area contributed by atoms with E-state index in [1.165, 1.54) is 18.2 Å². The van der Waals surface area contributed by atoms with Crippen LogP contribution < -0.4 is 0 Å².